The van der Waals surface area contributed by atoms with Crippen molar-refractivity contribution in [2.45, 2.75) is 13.3 Å². The van der Waals surface area contributed by atoms with E-state index >= 15 is 0 Å². The van der Waals surface area contributed by atoms with Crippen molar-refractivity contribution in [2.75, 3.05) is 23.3 Å². The van der Waals surface area contributed by atoms with Crippen LogP contribution >= 0.6 is 11.6 Å². The van der Waals surface area contributed by atoms with Gasteiger partial charge in [0.2, 0.25) is 5.88 Å². The van der Waals surface area contributed by atoms with E-state index in [2.05, 4.69) is 10.3 Å². The number of methoxy groups -OCH3 is 1. The lowest BCUT2D eigenvalue weighted by Gasteiger charge is -2.21. The maximum absolute atomic E-state index is 14.9. The van der Waals surface area contributed by atoms with Crippen LogP contribution in [0.4, 0.5) is 15.8 Å². The van der Waals surface area contributed by atoms with Crippen LogP contribution in [0.3, 0.4) is 0 Å². The summed E-state index contributed by atoms with van der Waals surface area (Å²) >= 11 is 3.54. The molecule has 0 aliphatic heterocycles. The molecule has 0 aliphatic carbocycles. The number of hydrogen-bond acceptors (Lipinski definition) is 4. The highest BCUT2D eigenvalue weighted by Crippen LogP contribution is 2.30. The number of aromatic nitrogens is 1. The molecule has 0 saturated carbocycles. The van der Waals surface area contributed by atoms with Gasteiger partial charge in [-0.05, 0) is 24.6 Å². The molecule has 0 radical (unpaired) electrons. The monoisotopic (exact) mass is 401 g/mol. The van der Waals surface area contributed by atoms with E-state index in [1.54, 1.807) is 6.92 Å². The first-order chi connectivity index (χ1) is 12.4. The van der Waals surface area contributed by atoms with Gasteiger partial charge in [-0.25, -0.2) is 13.6 Å². The Morgan fingerprint density at radius 2 is 2.15 bits per heavy atom. The Kier molecular flexibility index (Phi) is 6.90. The minimum absolute atomic E-state index is 0.120. The van der Waals surface area contributed by atoms with E-state index in [-0.39, 0.29) is 17.3 Å². The topological polar surface area (TPSA) is 91.8 Å². The standard InChI is InChI=1S/C16H17ClFN3O4S/c1-3-8-21(26(23)24)12-6-5-11(17)14(15(12)18)16(22)20-10-4-7-13(25-2)19-9-10/h4-7,9H,3,8H2,1-2H3,(H,20,22)(H,23,24). The van der Waals surface area contributed by atoms with E-state index in [1.165, 1.54) is 37.6 Å². The van der Waals surface area contributed by atoms with Crippen LogP contribution in [-0.2, 0) is 11.3 Å². The number of anilines is 2. The highest BCUT2D eigenvalue weighted by Gasteiger charge is 2.24. The summed E-state index contributed by atoms with van der Waals surface area (Å²) in [7, 11) is 1.45. The van der Waals surface area contributed by atoms with Gasteiger partial charge in [0.15, 0.2) is 5.82 Å². The number of benzene rings is 1. The van der Waals surface area contributed by atoms with Crippen LogP contribution in [-0.4, -0.2) is 33.3 Å². The summed E-state index contributed by atoms with van der Waals surface area (Å²) in [5.74, 6) is -1.43. The normalized spacial score (nSPS) is 11.7. The van der Waals surface area contributed by atoms with Gasteiger partial charge in [0.1, 0.15) is 0 Å². The molecule has 2 rings (SSSR count). The average Bonchev–Trinajstić information content (AvgIpc) is 2.61. The molecule has 2 aromatic rings. The van der Waals surface area contributed by atoms with Gasteiger partial charge in [-0.3, -0.25) is 13.7 Å². The molecular formula is C16H17ClFN3O4S. The molecule has 0 saturated heterocycles. The first-order valence-corrected chi connectivity index (χ1v) is 9.01. The fourth-order valence-corrected chi connectivity index (χ4v) is 3.08. The number of nitrogens with one attached hydrogen (secondary N) is 1. The summed E-state index contributed by atoms with van der Waals surface area (Å²) in [5.41, 5.74) is -0.297. The summed E-state index contributed by atoms with van der Waals surface area (Å²) in [5, 5.41) is 2.36. The molecule has 1 atom stereocenters. The molecule has 0 fully saturated rings. The summed E-state index contributed by atoms with van der Waals surface area (Å²) in [4.78, 5) is 16.4. The van der Waals surface area contributed by atoms with Crippen molar-refractivity contribution in [1.82, 2.24) is 4.98 Å². The van der Waals surface area contributed by atoms with Crippen molar-refractivity contribution >= 4 is 40.1 Å². The van der Waals surface area contributed by atoms with Crippen LogP contribution in [0.2, 0.25) is 5.02 Å². The average molecular weight is 402 g/mol. The Hall–Kier alpha value is -2.23. The van der Waals surface area contributed by atoms with E-state index in [0.717, 1.165) is 4.31 Å². The van der Waals surface area contributed by atoms with E-state index < -0.39 is 28.6 Å². The van der Waals surface area contributed by atoms with Crippen LogP contribution < -0.4 is 14.4 Å². The van der Waals surface area contributed by atoms with E-state index in [1.807, 2.05) is 0 Å². The Morgan fingerprint density at radius 1 is 1.42 bits per heavy atom. The highest BCUT2D eigenvalue weighted by molar-refractivity contribution is 7.80. The van der Waals surface area contributed by atoms with Crippen molar-refractivity contribution in [3.63, 3.8) is 0 Å². The predicted molar refractivity (Wildman–Crippen MR) is 98.6 cm³/mol. The van der Waals surface area contributed by atoms with Gasteiger partial charge in [0, 0.05) is 12.6 Å². The van der Waals surface area contributed by atoms with Gasteiger partial charge in [-0.1, -0.05) is 18.5 Å². The molecule has 1 amide bonds. The Morgan fingerprint density at radius 3 is 2.69 bits per heavy atom. The van der Waals surface area contributed by atoms with Gasteiger partial charge >= 0.3 is 0 Å². The van der Waals surface area contributed by atoms with Crippen molar-refractivity contribution in [1.29, 1.82) is 0 Å². The van der Waals surface area contributed by atoms with Gasteiger partial charge in [0.25, 0.3) is 17.2 Å². The summed E-state index contributed by atoms with van der Waals surface area (Å²) in [6, 6.07) is 5.62. The predicted octanol–water partition coefficient (Wildman–Crippen LogP) is 3.49. The lowest BCUT2D eigenvalue weighted by Crippen LogP contribution is -2.28. The summed E-state index contributed by atoms with van der Waals surface area (Å²) in [6.07, 6.45) is 1.85. The molecule has 0 spiro atoms. The van der Waals surface area contributed by atoms with Crippen molar-refractivity contribution in [2.24, 2.45) is 0 Å². The maximum Gasteiger partial charge on any atom is 0.261 e. The van der Waals surface area contributed by atoms with Gasteiger partial charge in [-0.15, -0.1) is 0 Å². The number of ether oxygens (including phenoxy) is 1. The lowest BCUT2D eigenvalue weighted by molar-refractivity contribution is 0.102. The van der Waals surface area contributed by atoms with E-state index in [9.17, 15) is 17.9 Å². The molecule has 7 nitrogen and oxygen atoms in total. The van der Waals surface area contributed by atoms with Crippen molar-refractivity contribution in [3.8, 4) is 5.88 Å². The maximum atomic E-state index is 14.9. The first kappa shape index (κ1) is 20.1. The fraction of sp³-hybridized carbons (Fsp3) is 0.250. The lowest BCUT2D eigenvalue weighted by atomic mass is 10.1. The molecule has 26 heavy (non-hydrogen) atoms. The molecule has 1 aromatic carbocycles. The van der Waals surface area contributed by atoms with Crippen LogP contribution in [0.5, 0.6) is 5.88 Å². The molecule has 0 bridgehead atoms. The number of hydrogen-bond donors (Lipinski definition) is 2. The first-order valence-electron chi connectivity index (χ1n) is 7.57. The number of amides is 1. The number of carbonyl (C=O) groups excluding carboxylic acids is 1. The Labute approximate surface area is 157 Å². The third-order valence-corrected chi connectivity index (χ3v) is 4.46. The van der Waals surface area contributed by atoms with E-state index in [4.69, 9.17) is 16.3 Å². The Balaban J connectivity index is 2.36. The quantitative estimate of drug-likeness (QED) is 0.693. The number of nitrogens with zero attached hydrogens (tertiary/aromatic N) is 2. The van der Waals surface area contributed by atoms with Gasteiger partial charge in [-0.2, -0.15) is 0 Å². The van der Waals surface area contributed by atoms with Crippen molar-refractivity contribution < 1.29 is 22.7 Å². The van der Waals surface area contributed by atoms with Crippen LogP contribution in [0.15, 0.2) is 30.5 Å². The summed E-state index contributed by atoms with van der Waals surface area (Å²) in [6.45, 7) is 1.91. The molecule has 1 unspecified atom stereocenters. The van der Waals surface area contributed by atoms with Crippen LogP contribution in [0, 0.1) is 5.82 Å². The van der Waals surface area contributed by atoms with Crippen LogP contribution in [0.1, 0.15) is 23.7 Å². The SMILES string of the molecule is CCCN(c1ccc(Cl)c(C(=O)Nc2ccc(OC)nc2)c1F)S(=O)O. The zero-order chi connectivity index (χ0) is 19.3. The molecule has 1 heterocycles. The van der Waals surface area contributed by atoms with Crippen molar-refractivity contribution in [3.05, 3.63) is 46.9 Å². The number of carbonyl (C=O) groups is 1. The number of rotatable bonds is 7. The molecular weight excluding hydrogens is 385 g/mol. The number of pyridine rings is 1. The van der Waals surface area contributed by atoms with Gasteiger partial charge < -0.3 is 10.1 Å². The molecule has 10 heteroatoms. The third kappa shape index (κ3) is 4.48. The molecule has 0 aliphatic rings. The minimum Gasteiger partial charge on any atom is -0.481 e. The largest absolute Gasteiger partial charge is 0.481 e. The zero-order valence-electron chi connectivity index (χ0n) is 14.0. The fourth-order valence-electron chi connectivity index (χ4n) is 2.20. The highest BCUT2D eigenvalue weighted by atomic mass is 35.5. The zero-order valence-corrected chi connectivity index (χ0v) is 15.6. The Bertz CT molecular complexity index is 820. The molecule has 140 valence electrons. The second-order valence-corrected chi connectivity index (χ2v) is 6.44. The number of halogens is 2. The second kappa shape index (κ2) is 8.93. The second-order valence-electron chi connectivity index (χ2n) is 5.13. The third-order valence-electron chi connectivity index (χ3n) is 3.39. The van der Waals surface area contributed by atoms with E-state index in [0.29, 0.717) is 18.0 Å². The van der Waals surface area contributed by atoms with Gasteiger partial charge in [0.05, 0.1) is 35.3 Å². The molecule has 1 aromatic heterocycles. The van der Waals surface area contributed by atoms with Crippen LogP contribution in [0.25, 0.3) is 0 Å². The summed E-state index contributed by atoms with van der Waals surface area (Å²) < 4.78 is 41.6. The smallest absolute Gasteiger partial charge is 0.261 e. The molecule has 2 N–H and O–H groups in total. The minimum atomic E-state index is -2.44.